The third kappa shape index (κ3) is 5.42. The monoisotopic (exact) mass is 589 g/mol. The van der Waals surface area contributed by atoms with Gasteiger partial charge in [-0.3, -0.25) is 19.3 Å². The van der Waals surface area contributed by atoms with Crippen LogP contribution in [0.25, 0.3) is 0 Å². The molecule has 0 aromatic rings. The molecule has 12 heteroatoms. The summed E-state index contributed by atoms with van der Waals surface area (Å²) in [5.41, 5.74) is -1.96. The van der Waals surface area contributed by atoms with Crippen molar-refractivity contribution in [2.75, 3.05) is 39.4 Å². The molecule has 0 amide bonds. The summed E-state index contributed by atoms with van der Waals surface area (Å²) in [7, 11) is 0. The van der Waals surface area contributed by atoms with Crippen molar-refractivity contribution >= 4 is 17.5 Å². The maximum Gasteiger partial charge on any atom is 0.320 e. The van der Waals surface area contributed by atoms with Crippen molar-refractivity contribution in [3.8, 4) is 0 Å². The van der Waals surface area contributed by atoms with E-state index in [1.54, 1.807) is 12.2 Å². The van der Waals surface area contributed by atoms with E-state index >= 15 is 0 Å². The topological polar surface area (TPSA) is 169 Å². The Kier molecular flexibility index (Phi) is 8.63. The first-order valence-electron chi connectivity index (χ1n) is 15.1. The molecule has 1 aliphatic heterocycles. The van der Waals surface area contributed by atoms with E-state index in [1.165, 1.54) is 0 Å². The van der Waals surface area contributed by atoms with Gasteiger partial charge in [0.25, 0.3) is 5.09 Å². The largest absolute Gasteiger partial charge is 0.457 e. The molecule has 0 aromatic heterocycles. The number of aliphatic hydroxyl groups excluding tert-OH is 1. The van der Waals surface area contributed by atoms with E-state index < -0.39 is 46.0 Å². The van der Waals surface area contributed by atoms with Crippen LogP contribution in [0, 0.1) is 38.7 Å². The van der Waals surface area contributed by atoms with Crippen molar-refractivity contribution in [2.24, 2.45) is 28.6 Å². The van der Waals surface area contributed by atoms with E-state index in [9.17, 15) is 34.7 Å². The minimum Gasteiger partial charge on any atom is -0.457 e. The van der Waals surface area contributed by atoms with Gasteiger partial charge in [-0.1, -0.05) is 25.5 Å². The Morgan fingerprint density at radius 3 is 2.83 bits per heavy atom. The summed E-state index contributed by atoms with van der Waals surface area (Å²) in [6, 6.07) is -0.0300. The fourth-order valence-electron chi connectivity index (χ4n) is 9.02. The molecule has 3 saturated carbocycles. The Morgan fingerprint density at radius 1 is 1.29 bits per heavy atom. The highest BCUT2D eigenvalue weighted by molar-refractivity contribution is 6.01. The number of ether oxygens (including phenoxy) is 1. The van der Waals surface area contributed by atoms with Crippen LogP contribution in [0.5, 0.6) is 0 Å². The highest BCUT2D eigenvalue weighted by Gasteiger charge is 2.68. The second kappa shape index (κ2) is 11.8. The van der Waals surface area contributed by atoms with Gasteiger partial charge in [0.15, 0.2) is 12.4 Å². The normalized spacial score (nSPS) is 39.5. The summed E-state index contributed by atoms with van der Waals surface area (Å²) < 4.78 is 5.41. The number of aliphatic hydroxyl groups is 2. The van der Waals surface area contributed by atoms with E-state index in [0.29, 0.717) is 38.9 Å². The second-order valence-corrected chi connectivity index (χ2v) is 13.2. The molecule has 5 aliphatic rings. The standard InChI is InChI=1S/C30H43N3O9/c1-28-9-7-21(34)14-19(28)5-6-22-23-8-10-30(38,29(23,2)15-24(35)27(22)28)25(36)18-41-26(37)17-32-12-11-31-16-20(32)4-3-13-42-33(39)40/h7,9,14,20,22-24,27,31,35,38H,3-6,8,10-13,15-18H2,1-2H3/t20?,22-,23-,24?,27+,28-,29-,30-/m0/s1. The average Bonchev–Trinajstić information content (AvgIpc) is 3.21. The van der Waals surface area contributed by atoms with Crippen LogP contribution in [-0.4, -0.2) is 94.9 Å². The molecule has 1 saturated heterocycles. The molecule has 42 heavy (non-hydrogen) atoms. The molecule has 0 spiro atoms. The summed E-state index contributed by atoms with van der Waals surface area (Å²) in [6.07, 6.45) is 8.19. The Labute approximate surface area is 245 Å². The zero-order chi connectivity index (χ0) is 30.3. The maximum atomic E-state index is 13.6. The fourth-order valence-corrected chi connectivity index (χ4v) is 9.02. The number of ketones is 2. The minimum atomic E-state index is -1.71. The molecule has 2 unspecified atom stereocenters. The van der Waals surface area contributed by atoms with Crippen LogP contribution >= 0.6 is 0 Å². The zero-order valence-corrected chi connectivity index (χ0v) is 24.5. The van der Waals surface area contributed by atoms with Crippen molar-refractivity contribution in [1.29, 1.82) is 0 Å². The molecular formula is C30H43N3O9. The number of nitrogens with zero attached hydrogens (tertiary/aromatic N) is 2. The summed E-state index contributed by atoms with van der Waals surface area (Å²) in [5, 5.41) is 36.2. The molecule has 0 bridgehead atoms. The zero-order valence-electron chi connectivity index (χ0n) is 24.5. The maximum absolute atomic E-state index is 13.6. The predicted molar refractivity (Wildman–Crippen MR) is 149 cm³/mol. The van der Waals surface area contributed by atoms with Crippen LogP contribution in [-0.2, 0) is 24.0 Å². The number of piperazine rings is 1. The third-order valence-corrected chi connectivity index (χ3v) is 11.2. The molecule has 12 nitrogen and oxygen atoms in total. The van der Waals surface area contributed by atoms with Crippen LogP contribution in [0.4, 0.5) is 0 Å². The van der Waals surface area contributed by atoms with Crippen LogP contribution in [0.1, 0.15) is 58.8 Å². The van der Waals surface area contributed by atoms with Gasteiger partial charge in [-0.25, -0.2) is 0 Å². The Hall–Kier alpha value is -2.67. The van der Waals surface area contributed by atoms with Crippen molar-refractivity contribution in [3.05, 3.63) is 33.9 Å². The lowest BCUT2D eigenvalue weighted by molar-refractivity contribution is -0.757. The quantitative estimate of drug-likeness (QED) is 0.146. The molecule has 0 aromatic carbocycles. The lowest BCUT2D eigenvalue weighted by Crippen LogP contribution is -2.61. The lowest BCUT2D eigenvalue weighted by atomic mass is 9.46. The van der Waals surface area contributed by atoms with Gasteiger partial charge < -0.3 is 25.1 Å². The van der Waals surface area contributed by atoms with Gasteiger partial charge in [-0.15, -0.1) is 10.1 Å². The average molecular weight is 590 g/mol. The Bertz CT molecular complexity index is 1170. The number of fused-ring (bicyclic) bond motifs is 5. The molecular weight excluding hydrogens is 546 g/mol. The molecule has 0 radical (unpaired) electrons. The molecule has 5 rings (SSSR count). The highest BCUT2D eigenvalue weighted by atomic mass is 16.9. The van der Waals surface area contributed by atoms with Crippen LogP contribution in [0.3, 0.4) is 0 Å². The summed E-state index contributed by atoms with van der Waals surface area (Å²) in [6.45, 7) is 5.29. The minimum absolute atomic E-state index is 0.0147. The smallest absolute Gasteiger partial charge is 0.320 e. The Morgan fingerprint density at radius 2 is 2.07 bits per heavy atom. The Balaban J connectivity index is 1.20. The number of esters is 1. The predicted octanol–water partition coefficient (Wildman–Crippen LogP) is 1.37. The second-order valence-electron chi connectivity index (χ2n) is 13.2. The van der Waals surface area contributed by atoms with Crippen LogP contribution in [0.2, 0.25) is 0 Å². The van der Waals surface area contributed by atoms with E-state index in [-0.39, 0.29) is 55.6 Å². The van der Waals surface area contributed by atoms with E-state index in [4.69, 9.17) is 4.74 Å². The van der Waals surface area contributed by atoms with Gasteiger partial charge in [-0.2, -0.15) is 0 Å². The fraction of sp³-hybridized carbons (Fsp3) is 0.767. The molecule has 1 heterocycles. The van der Waals surface area contributed by atoms with Crippen molar-refractivity contribution in [2.45, 2.75) is 76.5 Å². The van der Waals surface area contributed by atoms with Crippen LogP contribution < -0.4 is 5.32 Å². The number of rotatable bonds is 10. The van der Waals surface area contributed by atoms with Gasteiger partial charge in [0.05, 0.1) is 19.3 Å². The van der Waals surface area contributed by atoms with Crippen molar-refractivity contribution < 1.29 is 39.3 Å². The lowest BCUT2D eigenvalue weighted by Gasteiger charge is -2.59. The summed E-state index contributed by atoms with van der Waals surface area (Å²) >= 11 is 0. The number of carbonyl (C=O) groups excluding carboxylic acids is 3. The van der Waals surface area contributed by atoms with Gasteiger partial charge >= 0.3 is 5.97 Å². The first-order valence-corrected chi connectivity index (χ1v) is 15.1. The third-order valence-electron chi connectivity index (χ3n) is 11.2. The van der Waals surface area contributed by atoms with Crippen LogP contribution in [0.15, 0.2) is 23.8 Å². The van der Waals surface area contributed by atoms with Crippen molar-refractivity contribution in [1.82, 2.24) is 10.2 Å². The molecule has 8 atom stereocenters. The number of hydrogen-bond acceptors (Lipinski definition) is 11. The van der Waals surface area contributed by atoms with Gasteiger partial charge in [0.2, 0.25) is 5.78 Å². The number of nitrogens with one attached hydrogen (secondary N) is 1. The molecule has 4 aliphatic carbocycles. The number of allylic oxidation sites excluding steroid dienone is 4. The van der Waals surface area contributed by atoms with E-state index in [0.717, 1.165) is 18.4 Å². The first-order chi connectivity index (χ1) is 19.9. The van der Waals surface area contributed by atoms with E-state index in [2.05, 4.69) is 17.1 Å². The van der Waals surface area contributed by atoms with Crippen molar-refractivity contribution in [3.63, 3.8) is 0 Å². The number of Topliss-reactive ketones (excluding diaryl/α,β-unsaturated/α-hetero) is 1. The number of carbonyl (C=O) groups is 3. The van der Waals surface area contributed by atoms with Gasteiger partial charge in [0.1, 0.15) is 5.60 Å². The SMILES string of the molecule is C[C@]12C=CC(=O)C=C1CC[C@@H]1[C@@H]2C(O)C[C@@]2(C)[C@H]1CC[C@]2(O)C(=O)COC(=O)CN1CCNCC1CCCO[N+](=O)[O-]. The van der Waals surface area contributed by atoms with Gasteiger partial charge in [0, 0.05) is 42.4 Å². The first kappa shape index (κ1) is 30.8. The summed E-state index contributed by atoms with van der Waals surface area (Å²) in [5.74, 6) is -1.13. The van der Waals surface area contributed by atoms with E-state index in [1.807, 2.05) is 17.9 Å². The number of hydrogen-bond donors (Lipinski definition) is 3. The van der Waals surface area contributed by atoms with Gasteiger partial charge in [-0.05, 0) is 68.9 Å². The molecule has 3 N–H and O–H groups in total. The summed E-state index contributed by atoms with van der Waals surface area (Å²) in [4.78, 5) is 55.1. The molecule has 232 valence electrons. The highest BCUT2D eigenvalue weighted by Crippen LogP contribution is 2.67. The molecule has 4 fully saturated rings.